The second kappa shape index (κ2) is 9.56. The number of rotatable bonds is 8. The summed E-state index contributed by atoms with van der Waals surface area (Å²) in [5.74, 6) is 0.466. The van der Waals surface area contributed by atoms with Crippen molar-refractivity contribution < 1.29 is 28.5 Å². The number of imidazole rings is 1. The zero-order valence-corrected chi connectivity index (χ0v) is 18.9. The van der Waals surface area contributed by atoms with Crippen LogP contribution in [0.2, 0.25) is 0 Å². The van der Waals surface area contributed by atoms with Crippen LogP contribution in [0.4, 0.5) is 0 Å². The average Bonchev–Trinajstić information content (AvgIpc) is 3.44. The Morgan fingerprint density at radius 3 is 2.42 bits per heavy atom. The first-order chi connectivity index (χ1) is 15.0. The second-order valence-electron chi connectivity index (χ2n) is 6.16. The van der Waals surface area contributed by atoms with Gasteiger partial charge >= 0.3 is 5.97 Å². The van der Waals surface area contributed by atoms with E-state index >= 15 is 0 Å². The van der Waals surface area contributed by atoms with Gasteiger partial charge in [-0.1, -0.05) is 0 Å². The summed E-state index contributed by atoms with van der Waals surface area (Å²) in [6, 6.07) is 3.49. The Kier molecular flexibility index (Phi) is 6.85. The van der Waals surface area contributed by atoms with Crippen molar-refractivity contribution in [2.24, 2.45) is 0 Å². The van der Waals surface area contributed by atoms with Gasteiger partial charge in [0.05, 0.1) is 39.5 Å². The summed E-state index contributed by atoms with van der Waals surface area (Å²) >= 11 is 3.48. The summed E-state index contributed by atoms with van der Waals surface area (Å²) in [5.41, 5.74) is 1.94. The highest BCUT2D eigenvalue weighted by molar-refractivity contribution is 9.10. The monoisotopic (exact) mass is 492 g/mol. The summed E-state index contributed by atoms with van der Waals surface area (Å²) < 4.78 is 21.7. The number of aromatic amines is 2. The van der Waals surface area contributed by atoms with Crippen LogP contribution in [0.25, 0.3) is 11.1 Å². The van der Waals surface area contributed by atoms with Gasteiger partial charge in [-0.3, -0.25) is 4.79 Å². The fourth-order valence-corrected chi connectivity index (χ4v) is 3.84. The Balaban J connectivity index is 2.11. The van der Waals surface area contributed by atoms with Crippen LogP contribution in [0.1, 0.15) is 26.8 Å². The number of carbonyl (C=O) groups excluding carboxylic acids is 2. The van der Waals surface area contributed by atoms with Gasteiger partial charge in [0.15, 0.2) is 17.3 Å². The molecule has 3 aromatic rings. The summed E-state index contributed by atoms with van der Waals surface area (Å²) in [6.07, 6.45) is 3.03. The number of benzene rings is 1. The van der Waals surface area contributed by atoms with Crippen molar-refractivity contribution >= 4 is 27.8 Å². The topological polar surface area (TPSA) is 128 Å². The van der Waals surface area contributed by atoms with Crippen molar-refractivity contribution in [1.82, 2.24) is 20.3 Å². The molecule has 0 saturated carbocycles. The number of aromatic nitrogens is 3. The molecule has 3 rings (SSSR count). The molecule has 1 aromatic carbocycles. The third-order valence-electron chi connectivity index (χ3n) is 4.52. The van der Waals surface area contributed by atoms with Crippen LogP contribution in [-0.2, 0) is 11.3 Å². The maximum Gasteiger partial charge on any atom is 0.355 e. The summed E-state index contributed by atoms with van der Waals surface area (Å²) in [5, 5.41) is 2.76. The van der Waals surface area contributed by atoms with Crippen LogP contribution < -0.4 is 19.5 Å². The van der Waals surface area contributed by atoms with Gasteiger partial charge in [0, 0.05) is 29.2 Å². The van der Waals surface area contributed by atoms with Crippen LogP contribution in [0.3, 0.4) is 0 Å². The number of amides is 1. The lowest BCUT2D eigenvalue weighted by atomic mass is 10.0. The van der Waals surface area contributed by atoms with Crippen molar-refractivity contribution in [3.05, 3.63) is 46.2 Å². The molecule has 31 heavy (non-hydrogen) atoms. The number of carbonyl (C=O) groups is 2. The number of halogens is 1. The second-order valence-corrected chi connectivity index (χ2v) is 6.95. The molecule has 0 fully saturated rings. The number of methoxy groups -OCH3 is 4. The van der Waals surface area contributed by atoms with Gasteiger partial charge in [-0.25, -0.2) is 9.78 Å². The molecule has 0 saturated heterocycles. The Hall–Kier alpha value is -3.47. The molecule has 2 aromatic heterocycles. The number of ether oxygens (including phenoxy) is 4. The number of H-pyrrole nitrogens is 2. The van der Waals surface area contributed by atoms with E-state index < -0.39 is 11.9 Å². The predicted molar refractivity (Wildman–Crippen MR) is 115 cm³/mol. The molecule has 0 aliphatic carbocycles. The molecule has 2 heterocycles. The third-order valence-corrected chi connectivity index (χ3v) is 5.31. The fraction of sp³-hybridized carbons (Fsp3) is 0.250. The summed E-state index contributed by atoms with van der Waals surface area (Å²) in [6.45, 7) is 0.0714. The fourth-order valence-electron chi connectivity index (χ4n) is 3.12. The number of nitrogens with zero attached hydrogens (tertiary/aromatic N) is 1. The van der Waals surface area contributed by atoms with Crippen LogP contribution in [0.5, 0.6) is 17.2 Å². The molecule has 0 spiro atoms. The van der Waals surface area contributed by atoms with Gasteiger partial charge in [-0.2, -0.15) is 0 Å². The van der Waals surface area contributed by atoms with Crippen molar-refractivity contribution in [2.45, 2.75) is 6.54 Å². The number of esters is 1. The normalized spacial score (nSPS) is 10.5. The van der Waals surface area contributed by atoms with Crippen molar-refractivity contribution in [1.29, 1.82) is 0 Å². The first kappa shape index (κ1) is 22.2. The molecule has 164 valence electrons. The minimum absolute atomic E-state index is 0.0714. The zero-order chi connectivity index (χ0) is 22.5. The van der Waals surface area contributed by atoms with Crippen molar-refractivity contribution in [3.63, 3.8) is 0 Å². The standard InChI is InChI=1S/C20H21BrN4O6/c1-28-12-6-5-10(16(29-2)17(12)30-3)13-11(25-15(14(13)21)20(27)31-4)9-24-19(26)18-22-7-8-23-18/h5-8,25H,9H2,1-4H3,(H,22,23)(H,24,26). The number of hydrogen-bond donors (Lipinski definition) is 3. The van der Waals surface area contributed by atoms with Crippen molar-refractivity contribution in [2.75, 3.05) is 28.4 Å². The van der Waals surface area contributed by atoms with E-state index in [-0.39, 0.29) is 18.1 Å². The molecule has 10 nitrogen and oxygen atoms in total. The average molecular weight is 493 g/mol. The van der Waals surface area contributed by atoms with Crippen molar-refractivity contribution in [3.8, 4) is 28.4 Å². The molecule has 0 unspecified atom stereocenters. The van der Waals surface area contributed by atoms with Gasteiger partial charge in [0.2, 0.25) is 5.75 Å². The lowest BCUT2D eigenvalue weighted by molar-refractivity contribution is 0.0593. The number of hydrogen-bond acceptors (Lipinski definition) is 7. The van der Waals surface area contributed by atoms with E-state index in [9.17, 15) is 9.59 Å². The SMILES string of the molecule is COC(=O)c1[nH]c(CNC(=O)c2ncc[nH]2)c(-c2ccc(OC)c(OC)c2OC)c1Br. The van der Waals surface area contributed by atoms with E-state index in [4.69, 9.17) is 18.9 Å². The molecule has 1 amide bonds. The largest absolute Gasteiger partial charge is 0.493 e. The maximum absolute atomic E-state index is 12.3. The van der Waals surface area contributed by atoms with Crippen LogP contribution in [-0.4, -0.2) is 55.3 Å². The summed E-state index contributed by atoms with van der Waals surface area (Å²) in [7, 11) is 5.81. The minimum Gasteiger partial charge on any atom is -0.493 e. The van der Waals surface area contributed by atoms with Crippen LogP contribution >= 0.6 is 15.9 Å². The van der Waals surface area contributed by atoms with Gasteiger partial charge in [-0.05, 0) is 28.1 Å². The Morgan fingerprint density at radius 1 is 1.10 bits per heavy atom. The molecule has 0 aliphatic rings. The summed E-state index contributed by atoms with van der Waals surface area (Å²) in [4.78, 5) is 34.3. The van der Waals surface area contributed by atoms with E-state index in [2.05, 4.69) is 36.2 Å². The zero-order valence-electron chi connectivity index (χ0n) is 17.3. The highest BCUT2D eigenvalue weighted by Gasteiger charge is 2.27. The predicted octanol–water partition coefficient (Wildman–Crippen LogP) is 2.91. The molecular weight excluding hydrogens is 472 g/mol. The van der Waals surface area contributed by atoms with E-state index in [1.54, 1.807) is 18.3 Å². The Morgan fingerprint density at radius 2 is 1.84 bits per heavy atom. The third kappa shape index (κ3) is 4.22. The number of nitrogens with one attached hydrogen (secondary N) is 3. The van der Waals surface area contributed by atoms with Gasteiger partial charge < -0.3 is 34.2 Å². The minimum atomic E-state index is -0.573. The molecular formula is C20H21BrN4O6. The Labute approximate surface area is 186 Å². The smallest absolute Gasteiger partial charge is 0.355 e. The maximum atomic E-state index is 12.3. The van der Waals surface area contributed by atoms with Crippen LogP contribution in [0, 0.1) is 0 Å². The van der Waals surface area contributed by atoms with Gasteiger partial charge in [-0.15, -0.1) is 0 Å². The molecule has 0 atom stereocenters. The van der Waals surface area contributed by atoms with Crippen LogP contribution in [0.15, 0.2) is 29.0 Å². The molecule has 3 N–H and O–H groups in total. The first-order valence-corrected chi connectivity index (χ1v) is 9.81. The van der Waals surface area contributed by atoms with E-state index in [0.29, 0.717) is 38.5 Å². The van der Waals surface area contributed by atoms with E-state index in [1.807, 2.05) is 0 Å². The highest BCUT2D eigenvalue weighted by atomic mass is 79.9. The molecule has 11 heteroatoms. The first-order valence-electron chi connectivity index (χ1n) is 9.02. The lowest BCUT2D eigenvalue weighted by Gasteiger charge is -2.16. The molecule has 0 bridgehead atoms. The lowest BCUT2D eigenvalue weighted by Crippen LogP contribution is -2.24. The molecule has 0 aliphatic heterocycles. The van der Waals surface area contributed by atoms with Gasteiger partial charge in [0.1, 0.15) is 5.69 Å². The quantitative estimate of drug-likeness (QED) is 0.412. The molecule has 0 radical (unpaired) electrons. The van der Waals surface area contributed by atoms with E-state index in [0.717, 1.165) is 0 Å². The highest BCUT2D eigenvalue weighted by Crippen LogP contribution is 2.47. The van der Waals surface area contributed by atoms with E-state index in [1.165, 1.54) is 34.6 Å². The van der Waals surface area contributed by atoms with Gasteiger partial charge in [0.25, 0.3) is 5.91 Å². The Bertz CT molecular complexity index is 1090.